The van der Waals surface area contributed by atoms with Gasteiger partial charge in [-0.3, -0.25) is 14.4 Å². The van der Waals surface area contributed by atoms with Crippen LogP contribution in [0.2, 0.25) is 0 Å². The largest absolute Gasteiger partial charge is 0.370 e. The van der Waals surface area contributed by atoms with Crippen molar-refractivity contribution in [2.45, 2.75) is 51.7 Å². The Kier molecular flexibility index (Phi) is 5.77. The molecule has 7 nitrogen and oxygen atoms in total. The fourth-order valence-electron chi connectivity index (χ4n) is 1.17. The Bertz CT molecular complexity index is 336. The Morgan fingerprint density at radius 1 is 1.17 bits per heavy atom. The van der Waals surface area contributed by atoms with E-state index in [0.29, 0.717) is 0 Å². The summed E-state index contributed by atoms with van der Waals surface area (Å²) < 4.78 is 0. The van der Waals surface area contributed by atoms with E-state index in [9.17, 15) is 14.4 Å². The second kappa shape index (κ2) is 6.34. The minimum Gasteiger partial charge on any atom is -0.370 e. The second-order valence-electron chi connectivity index (χ2n) is 5.25. The Balaban J connectivity index is 4.31. The number of hydrogen-bond acceptors (Lipinski definition) is 4. The van der Waals surface area contributed by atoms with Crippen LogP contribution in [0.25, 0.3) is 0 Å². The number of carbonyl (C=O) groups is 3. The Morgan fingerprint density at radius 2 is 1.67 bits per heavy atom. The molecule has 0 radical (unpaired) electrons. The summed E-state index contributed by atoms with van der Waals surface area (Å²) in [6.45, 7) is 7.03. The predicted molar refractivity (Wildman–Crippen MR) is 67.3 cm³/mol. The van der Waals surface area contributed by atoms with Gasteiger partial charge in [0.25, 0.3) is 0 Å². The van der Waals surface area contributed by atoms with Crippen LogP contribution in [0.4, 0.5) is 0 Å². The molecule has 2 unspecified atom stereocenters. The maximum absolute atomic E-state index is 11.7. The molecule has 18 heavy (non-hydrogen) atoms. The van der Waals surface area contributed by atoms with E-state index in [1.807, 2.05) is 20.8 Å². The van der Waals surface area contributed by atoms with Gasteiger partial charge >= 0.3 is 0 Å². The van der Waals surface area contributed by atoms with Crippen molar-refractivity contribution in [3.8, 4) is 0 Å². The van der Waals surface area contributed by atoms with Crippen LogP contribution in [-0.4, -0.2) is 35.3 Å². The summed E-state index contributed by atoms with van der Waals surface area (Å²) in [5, 5.41) is 5.14. The van der Waals surface area contributed by atoms with Crippen molar-refractivity contribution in [1.29, 1.82) is 0 Å². The molecule has 0 saturated heterocycles. The molecule has 0 rings (SSSR count). The van der Waals surface area contributed by atoms with E-state index in [-0.39, 0.29) is 17.9 Å². The second-order valence-corrected chi connectivity index (χ2v) is 5.25. The predicted octanol–water partition coefficient (Wildman–Crippen LogP) is -1.39. The molecule has 0 aliphatic carbocycles. The number of nitrogens with one attached hydrogen (secondary N) is 2. The first-order valence-corrected chi connectivity index (χ1v) is 5.69. The third-order valence-corrected chi connectivity index (χ3v) is 2.01. The zero-order valence-corrected chi connectivity index (χ0v) is 11.2. The maximum atomic E-state index is 11.7. The van der Waals surface area contributed by atoms with Crippen LogP contribution in [0.1, 0.15) is 34.1 Å². The summed E-state index contributed by atoms with van der Waals surface area (Å²) in [4.78, 5) is 33.8. The molecule has 0 heterocycles. The summed E-state index contributed by atoms with van der Waals surface area (Å²) in [6.07, 6.45) is -0.251. The quantitative estimate of drug-likeness (QED) is 0.484. The number of amides is 3. The highest BCUT2D eigenvalue weighted by molar-refractivity contribution is 5.91. The third kappa shape index (κ3) is 6.85. The molecule has 3 amide bonds. The molecule has 0 bridgehead atoms. The normalized spacial score (nSPS) is 14.5. The van der Waals surface area contributed by atoms with Crippen LogP contribution in [-0.2, 0) is 14.4 Å². The number of rotatable bonds is 5. The van der Waals surface area contributed by atoms with Crippen LogP contribution in [0.15, 0.2) is 0 Å². The van der Waals surface area contributed by atoms with Gasteiger partial charge in [0.1, 0.15) is 6.04 Å². The SMILES string of the molecule is CC(NC(=O)C(N)CC(N)=O)C(=O)NC(C)(C)C. The van der Waals surface area contributed by atoms with Crippen molar-refractivity contribution >= 4 is 17.7 Å². The molecule has 0 aromatic heterocycles. The molecule has 0 aliphatic heterocycles. The van der Waals surface area contributed by atoms with Crippen molar-refractivity contribution in [3.05, 3.63) is 0 Å². The van der Waals surface area contributed by atoms with Gasteiger partial charge in [-0.25, -0.2) is 0 Å². The van der Waals surface area contributed by atoms with Crippen LogP contribution in [0.3, 0.4) is 0 Å². The van der Waals surface area contributed by atoms with Gasteiger partial charge in [0.2, 0.25) is 17.7 Å². The smallest absolute Gasteiger partial charge is 0.242 e. The van der Waals surface area contributed by atoms with Gasteiger partial charge in [0.05, 0.1) is 12.5 Å². The number of hydrogen-bond donors (Lipinski definition) is 4. The van der Waals surface area contributed by atoms with Crippen molar-refractivity contribution in [2.24, 2.45) is 11.5 Å². The summed E-state index contributed by atoms with van der Waals surface area (Å²) in [5.41, 5.74) is 9.99. The lowest BCUT2D eigenvalue weighted by molar-refractivity contribution is -0.131. The Morgan fingerprint density at radius 3 is 2.06 bits per heavy atom. The first-order chi connectivity index (χ1) is 8.03. The Hall–Kier alpha value is -1.63. The number of carbonyl (C=O) groups excluding carboxylic acids is 3. The minimum absolute atomic E-state index is 0.251. The molecule has 0 aromatic carbocycles. The van der Waals surface area contributed by atoms with E-state index >= 15 is 0 Å². The topological polar surface area (TPSA) is 127 Å². The minimum atomic E-state index is -1.03. The third-order valence-electron chi connectivity index (χ3n) is 2.01. The fraction of sp³-hybridized carbons (Fsp3) is 0.727. The summed E-state index contributed by atoms with van der Waals surface area (Å²) in [7, 11) is 0. The van der Waals surface area contributed by atoms with E-state index in [1.165, 1.54) is 6.92 Å². The van der Waals surface area contributed by atoms with Gasteiger partial charge in [-0.15, -0.1) is 0 Å². The van der Waals surface area contributed by atoms with Gasteiger partial charge in [0, 0.05) is 5.54 Å². The van der Waals surface area contributed by atoms with Crippen molar-refractivity contribution in [2.75, 3.05) is 0 Å². The van der Waals surface area contributed by atoms with E-state index < -0.39 is 23.9 Å². The number of primary amides is 1. The van der Waals surface area contributed by atoms with Gasteiger partial charge < -0.3 is 22.1 Å². The lowest BCUT2D eigenvalue weighted by Gasteiger charge is -2.24. The highest BCUT2D eigenvalue weighted by atomic mass is 16.2. The average molecular weight is 258 g/mol. The molecular formula is C11H22N4O3. The van der Waals surface area contributed by atoms with E-state index in [2.05, 4.69) is 10.6 Å². The van der Waals surface area contributed by atoms with Gasteiger partial charge in [-0.1, -0.05) is 0 Å². The summed E-state index contributed by atoms with van der Waals surface area (Å²) in [5.74, 6) is -1.56. The summed E-state index contributed by atoms with van der Waals surface area (Å²) in [6, 6.07) is -1.76. The fourth-order valence-corrected chi connectivity index (χ4v) is 1.17. The number of nitrogens with two attached hydrogens (primary N) is 2. The van der Waals surface area contributed by atoms with Crippen LogP contribution in [0.5, 0.6) is 0 Å². The monoisotopic (exact) mass is 258 g/mol. The molecule has 6 N–H and O–H groups in total. The molecule has 7 heteroatoms. The lowest BCUT2D eigenvalue weighted by Crippen LogP contribution is -2.54. The van der Waals surface area contributed by atoms with Crippen molar-refractivity contribution in [1.82, 2.24) is 10.6 Å². The van der Waals surface area contributed by atoms with Gasteiger partial charge in [-0.05, 0) is 27.7 Å². The highest BCUT2D eigenvalue weighted by Gasteiger charge is 2.23. The highest BCUT2D eigenvalue weighted by Crippen LogP contribution is 1.99. The standard InChI is InChI=1S/C11H22N4O3/c1-6(9(17)15-11(2,3)4)14-10(18)7(12)5-8(13)16/h6-7H,5,12H2,1-4H3,(H2,13,16)(H,14,18)(H,15,17). The van der Waals surface area contributed by atoms with Crippen molar-refractivity contribution in [3.63, 3.8) is 0 Å². The zero-order valence-electron chi connectivity index (χ0n) is 11.2. The zero-order chi connectivity index (χ0) is 14.5. The van der Waals surface area contributed by atoms with E-state index in [0.717, 1.165) is 0 Å². The summed E-state index contributed by atoms with van der Waals surface area (Å²) >= 11 is 0. The maximum Gasteiger partial charge on any atom is 0.242 e. The molecule has 0 aromatic rings. The van der Waals surface area contributed by atoms with Gasteiger partial charge in [-0.2, -0.15) is 0 Å². The molecule has 0 spiro atoms. The molecule has 2 atom stereocenters. The first-order valence-electron chi connectivity index (χ1n) is 5.69. The van der Waals surface area contributed by atoms with Crippen LogP contribution < -0.4 is 22.1 Å². The molecule has 0 aliphatic rings. The lowest BCUT2D eigenvalue weighted by atomic mass is 10.1. The van der Waals surface area contributed by atoms with E-state index in [4.69, 9.17) is 11.5 Å². The molecule has 0 fully saturated rings. The average Bonchev–Trinajstić information content (AvgIpc) is 2.13. The van der Waals surface area contributed by atoms with Gasteiger partial charge in [0.15, 0.2) is 0 Å². The molecule has 104 valence electrons. The van der Waals surface area contributed by atoms with Crippen molar-refractivity contribution < 1.29 is 14.4 Å². The molecule has 0 saturated carbocycles. The first kappa shape index (κ1) is 16.4. The molecular weight excluding hydrogens is 236 g/mol. The van der Waals surface area contributed by atoms with E-state index in [1.54, 1.807) is 0 Å². The van der Waals surface area contributed by atoms with Crippen LogP contribution in [0, 0.1) is 0 Å². The van der Waals surface area contributed by atoms with Crippen LogP contribution >= 0.6 is 0 Å². The Labute approximate surface area is 107 Å².